The molecule has 0 fully saturated rings. The van der Waals surface area contributed by atoms with E-state index in [1.165, 1.54) is 5.56 Å². The molecule has 2 aromatic carbocycles. The first kappa shape index (κ1) is 11.5. The van der Waals surface area contributed by atoms with Crippen LogP contribution in [0.15, 0.2) is 60.0 Å². The van der Waals surface area contributed by atoms with Crippen molar-refractivity contribution in [1.29, 1.82) is 0 Å². The van der Waals surface area contributed by atoms with Crippen molar-refractivity contribution >= 4 is 10.9 Å². The third kappa shape index (κ3) is 1.97. The number of nitrogens with two attached hydrogens (primary N) is 1. The Balaban J connectivity index is 2.34. The number of rotatable bonds is 1. The molecular weight excluding hydrogens is 236 g/mol. The highest BCUT2D eigenvalue weighted by atomic mass is 15.2. The fraction of sp³-hybridized carbons (Fsp3) is 0.0667. The topological polar surface area (TPSA) is 56.2 Å². The minimum absolute atomic E-state index is 0.555. The smallest absolute Gasteiger partial charge is 0.182 e. The summed E-state index contributed by atoms with van der Waals surface area (Å²) in [6.07, 6.45) is 1.75. The van der Waals surface area contributed by atoms with E-state index in [9.17, 15) is 0 Å². The highest BCUT2D eigenvalue weighted by Gasteiger charge is 2.03. The minimum Gasteiger partial charge on any atom is -0.321 e. The lowest BCUT2D eigenvalue weighted by Gasteiger charge is -2.10. The maximum Gasteiger partial charge on any atom is 0.182 e. The summed E-state index contributed by atoms with van der Waals surface area (Å²) < 4.78 is 2.03. The van der Waals surface area contributed by atoms with E-state index in [4.69, 9.17) is 5.84 Å². The SMILES string of the molecule is Cc1ccc(-n2cn/c(=N/N)c3ccccc32)cc1. The molecule has 1 aromatic heterocycles. The summed E-state index contributed by atoms with van der Waals surface area (Å²) in [5.74, 6) is 5.38. The van der Waals surface area contributed by atoms with Gasteiger partial charge in [-0.15, -0.1) is 0 Å². The van der Waals surface area contributed by atoms with E-state index >= 15 is 0 Å². The number of nitrogens with zero attached hydrogens (tertiary/aromatic N) is 3. The third-order valence-corrected chi connectivity index (χ3v) is 3.13. The van der Waals surface area contributed by atoms with Gasteiger partial charge in [0.25, 0.3) is 0 Å². The first-order valence-corrected chi connectivity index (χ1v) is 6.07. The van der Waals surface area contributed by atoms with Gasteiger partial charge in [-0.1, -0.05) is 29.8 Å². The zero-order valence-corrected chi connectivity index (χ0v) is 10.6. The lowest BCUT2D eigenvalue weighted by molar-refractivity contribution is 0.972. The molecule has 1 heterocycles. The van der Waals surface area contributed by atoms with E-state index in [1.807, 2.05) is 28.8 Å². The van der Waals surface area contributed by atoms with Gasteiger partial charge in [-0.3, -0.25) is 0 Å². The van der Waals surface area contributed by atoms with Crippen molar-refractivity contribution in [3.05, 3.63) is 65.9 Å². The van der Waals surface area contributed by atoms with Gasteiger partial charge in [0, 0.05) is 11.1 Å². The molecule has 19 heavy (non-hydrogen) atoms. The summed E-state index contributed by atoms with van der Waals surface area (Å²) in [6.45, 7) is 2.07. The lowest BCUT2D eigenvalue weighted by Crippen LogP contribution is -2.15. The van der Waals surface area contributed by atoms with Crippen molar-refractivity contribution in [2.24, 2.45) is 10.9 Å². The van der Waals surface area contributed by atoms with Crippen molar-refractivity contribution in [3.8, 4) is 5.69 Å². The van der Waals surface area contributed by atoms with Crippen molar-refractivity contribution in [2.75, 3.05) is 0 Å². The first-order valence-electron chi connectivity index (χ1n) is 6.07. The summed E-state index contributed by atoms with van der Waals surface area (Å²) in [6, 6.07) is 16.3. The van der Waals surface area contributed by atoms with E-state index in [0.717, 1.165) is 16.6 Å². The zero-order chi connectivity index (χ0) is 13.2. The fourth-order valence-electron chi connectivity index (χ4n) is 2.13. The van der Waals surface area contributed by atoms with E-state index in [-0.39, 0.29) is 0 Å². The van der Waals surface area contributed by atoms with Gasteiger partial charge in [-0.2, -0.15) is 5.10 Å². The van der Waals surface area contributed by atoms with Gasteiger partial charge in [0.2, 0.25) is 0 Å². The van der Waals surface area contributed by atoms with Gasteiger partial charge in [-0.05, 0) is 31.2 Å². The molecule has 3 rings (SSSR count). The predicted octanol–water partition coefficient (Wildman–Crippen LogP) is 2.11. The van der Waals surface area contributed by atoms with Crippen LogP contribution < -0.4 is 11.3 Å². The van der Waals surface area contributed by atoms with Crippen LogP contribution in [-0.4, -0.2) is 9.55 Å². The Labute approximate surface area is 110 Å². The standard InChI is InChI=1S/C15H14N4/c1-11-6-8-12(9-7-11)19-10-17-15(18-16)13-4-2-3-5-14(13)19/h2-10H,16H2,1H3/b18-15+. The Hall–Kier alpha value is -2.62. The van der Waals surface area contributed by atoms with E-state index in [2.05, 4.69) is 41.3 Å². The van der Waals surface area contributed by atoms with Crippen molar-refractivity contribution in [2.45, 2.75) is 6.92 Å². The second kappa shape index (κ2) is 4.57. The molecule has 0 aliphatic heterocycles. The molecule has 0 aliphatic rings. The summed E-state index contributed by atoms with van der Waals surface area (Å²) in [5, 5.41) is 4.66. The second-order valence-electron chi connectivity index (χ2n) is 4.42. The monoisotopic (exact) mass is 250 g/mol. The van der Waals surface area contributed by atoms with Crippen LogP contribution in [0.2, 0.25) is 0 Å². The number of hydrogen-bond donors (Lipinski definition) is 1. The minimum atomic E-state index is 0.555. The second-order valence-corrected chi connectivity index (χ2v) is 4.42. The van der Waals surface area contributed by atoms with Crippen LogP contribution >= 0.6 is 0 Å². The van der Waals surface area contributed by atoms with Crippen molar-refractivity contribution < 1.29 is 0 Å². The van der Waals surface area contributed by atoms with Gasteiger partial charge in [0.15, 0.2) is 5.49 Å². The van der Waals surface area contributed by atoms with E-state index < -0.39 is 0 Å². The number of benzene rings is 2. The first-order chi connectivity index (χ1) is 9.29. The van der Waals surface area contributed by atoms with Gasteiger partial charge in [-0.25, -0.2) is 4.98 Å². The quantitative estimate of drug-likeness (QED) is 0.531. The molecule has 2 N–H and O–H groups in total. The molecule has 4 heteroatoms. The number of fused-ring (bicyclic) bond motifs is 1. The van der Waals surface area contributed by atoms with Crippen LogP contribution in [0.3, 0.4) is 0 Å². The van der Waals surface area contributed by atoms with Crippen LogP contribution in [-0.2, 0) is 0 Å². The van der Waals surface area contributed by atoms with Gasteiger partial charge in [0.1, 0.15) is 6.33 Å². The largest absolute Gasteiger partial charge is 0.321 e. The number of hydrogen-bond acceptors (Lipinski definition) is 3. The molecule has 94 valence electrons. The highest BCUT2D eigenvalue weighted by Crippen LogP contribution is 2.15. The molecule has 0 spiro atoms. The molecule has 0 saturated heterocycles. The average Bonchev–Trinajstić information content (AvgIpc) is 2.47. The predicted molar refractivity (Wildman–Crippen MR) is 75.6 cm³/mol. The summed E-state index contributed by atoms with van der Waals surface area (Å²) in [5.41, 5.74) is 3.89. The Morgan fingerprint density at radius 2 is 1.79 bits per heavy atom. The van der Waals surface area contributed by atoms with Gasteiger partial charge >= 0.3 is 0 Å². The molecular formula is C15H14N4. The van der Waals surface area contributed by atoms with Crippen LogP contribution in [0.1, 0.15) is 5.56 Å². The van der Waals surface area contributed by atoms with Crippen LogP contribution in [0.4, 0.5) is 0 Å². The van der Waals surface area contributed by atoms with Crippen LogP contribution in [0, 0.1) is 6.92 Å². The Kier molecular flexibility index (Phi) is 2.76. The maximum atomic E-state index is 5.38. The zero-order valence-electron chi connectivity index (χ0n) is 10.6. The Morgan fingerprint density at radius 3 is 2.53 bits per heavy atom. The summed E-state index contributed by atoms with van der Waals surface area (Å²) in [4.78, 5) is 4.30. The van der Waals surface area contributed by atoms with E-state index in [1.54, 1.807) is 6.33 Å². The molecule has 0 atom stereocenters. The van der Waals surface area contributed by atoms with Gasteiger partial charge < -0.3 is 10.4 Å². The molecule has 4 nitrogen and oxygen atoms in total. The van der Waals surface area contributed by atoms with E-state index in [0.29, 0.717) is 5.49 Å². The van der Waals surface area contributed by atoms with Gasteiger partial charge in [0.05, 0.1) is 5.52 Å². The molecule has 0 aliphatic carbocycles. The van der Waals surface area contributed by atoms with Crippen LogP contribution in [0.5, 0.6) is 0 Å². The molecule has 0 saturated carbocycles. The highest BCUT2D eigenvalue weighted by molar-refractivity contribution is 5.79. The summed E-state index contributed by atoms with van der Waals surface area (Å²) in [7, 11) is 0. The third-order valence-electron chi connectivity index (χ3n) is 3.13. The molecule has 0 amide bonds. The summed E-state index contributed by atoms with van der Waals surface area (Å²) >= 11 is 0. The molecule has 0 radical (unpaired) electrons. The number of aromatic nitrogens is 2. The normalized spacial score (nSPS) is 11.9. The molecule has 3 aromatic rings. The number of para-hydroxylation sites is 1. The molecule has 0 unspecified atom stereocenters. The molecule has 0 bridgehead atoms. The van der Waals surface area contributed by atoms with Crippen molar-refractivity contribution in [1.82, 2.24) is 9.55 Å². The van der Waals surface area contributed by atoms with Crippen molar-refractivity contribution in [3.63, 3.8) is 0 Å². The maximum absolute atomic E-state index is 5.38. The number of aryl methyl sites for hydroxylation is 1. The average molecular weight is 250 g/mol. The lowest BCUT2D eigenvalue weighted by atomic mass is 10.2. The fourth-order valence-corrected chi connectivity index (χ4v) is 2.13. The Morgan fingerprint density at radius 1 is 1.05 bits per heavy atom. The van der Waals surface area contributed by atoms with Crippen LogP contribution in [0.25, 0.3) is 16.6 Å². The Bertz CT molecular complexity index is 785.